The molecule has 0 bridgehead atoms. The maximum absolute atomic E-state index is 12.3. The lowest BCUT2D eigenvalue weighted by atomic mass is 9.93. The van der Waals surface area contributed by atoms with E-state index < -0.39 is 0 Å². The van der Waals surface area contributed by atoms with Gasteiger partial charge in [0.05, 0.1) is 6.10 Å². The van der Waals surface area contributed by atoms with Crippen molar-refractivity contribution in [1.29, 1.82) is 0 Å². The van der Waals surface area contributed by atoms with E-state index in [0.717, 1.165) is 38.8 Å². The van der Waals surface area contributed by atoms with Gasteiger partial charge in [-0.15, -0.1) is 0 Å². The lowest BCUT2D eigenvalue weighted by Crippen LogP contribution is -2.48. The SMILES string of the molecule is CC(C)CN(CC(C)C)C(=O)NC1CCC(O)CC1. The lowest BCUT2D eigenvalue weighted by molar-refractivity contribution is 0.114. The number of aliphatic hydroxyl groups excluding tert-OH is 1. The number of hydrogen-bond donors (Lipinski definition) is 2. The highest BCUT2D eigenvalue weighted by Crippen LogP contribution is 2.18. The Morgan fingerprint density at radius 2 is 1.58 bits per heavy atom. The van der Waals surface area contributed by atoms with Crippen LogP contribution in [0.15, 0.2) is 0 Å². The van der Waals surface area contributed by atoms with Crippen molar-refractivity contribution >= 4 is 6.03 Å². The normalized spacial score (nSPS) is 23.7. The van der Waals surface area contributed by atoms with Crippen LogP contribution in [-0.2, 0) is 0 Å². The predicted molar refractivity (Wildman–Crippen MR) is 78.0 cm³/mol. The molecule has 0 spiro atoms. The first-order chi connectivity index (χ1) is 8.88. The highest BCUT2D eigenvalue weighted by molar-refractivity contribution is 5.74. The van der Waals surface area contributed by atoms with Gasteiger partial charge < -0.3 is 15.3 Å². The fourth-order valence-corrected chi connectivity index (χ4v) is 2.61. The van der Waals surface area contributed by atoms with Crippen molar-refractivity contribution in [2.75, 3.05) is 13.1 Å². The van der Waals surface area contributed by atoms with Gasteiger partial charge in [-0.25, -0.2) is 4.79 Å². The third-order valence-electron chi connectivity index (χ3n) is 3.48. The molecule has 1 saturated carbocycles. The second kappa shape index (κ2) is 7.73. The molecule has 0 aromatic heterocycles. The number of hydrogen-bond acceptors (Lipinski definition) is 2. The van der Waals surface area contributed by atoms with E-state index in [1.807, 2.05) is 4.90 Å². The van der Waals surface area contributed by atoms with E-state index in [2.05, 4.69) is 33.0 Å². The molecule has 1 aliphatic rings. The van der Waals surface area contributed by atoms with Gasteiger partial charge in [-0.2, -0.15) is 0 Å². The molecular weight excluding hydrogens is 240 g/mol. The molecule has 19 heavy (non-hydrogen) atoms. The van der Waals surface area contributed by atoms with E-state index in [1.165, 1.54) is 0 Å². The van der Waals surface area contributed by atoms with E-state index in [1.54, 1.807) is 0 Å². The molecule has 0 aromatic rings. The highest BCUT2D eigenvalue weighted by atomic mass is 16.3. The van der Waals surface area contributed by atoms with Crippen molar-refractivity contribution in [2.24, 2.45) is 11.8 Å². The Kier molecular flexibility index (Phi) is 6.63. The Bertz CT molecular complexity index is 261. The minimum absolute atomic E-state index is 0.0591. The van der Waals surface area contributed by atoms with Gasteiger partial charge >= 0.3 is 6.03 Å². The summed E-state index contributed by atoms with van der Waals surface area (Å²) >= 11 is 0. The highest BCUT2D eigenvalue weighted by Gasteiger charge is 2.23. The standard InChI is InChI=1S/C15H30N2O2/c1-11(2)9-17(10-12(3)4)15(19)16-13-5-7-14(18)8-6-13/h11-14,18H,5-10H2,1-4H3,(H,16,19). The molecular formula is C15H30N2O2. The fraction of sp³-hybridized carbons (Fsp3) is 0.933. The Balaban J connectivity index is 2.46. The smallest absolute Gasteiger partial charge is 0.317 e. The molecule has 112 valence electrons. The van der Waals surface area contributed by atoms with Crippen LogP contribution in [0.2, 0.25) is 0 Å². The van der Waals surface area contributed by atoms with Crippen LogP contribution < -0.4 is 5.32 Å². The van der Waals surface area contributed by atoms with Crippen LogP contribution in [0.5, 0.6) is 0 Å². The van der Waals surface area contributed by atoms with E-state index in [4.69, 9.17) is 0 Å². The summed E-state index contributed by atoms with van der Waals surface area (Å²) < 4.78 is 0. The van der Waals surface area contributed by atoms with Gasteiger partial charge in [0.1, 0.15) is 0 Å². The molecule has 0 unspecified atom stereocenters. The first-order valence-electron chi connectivity index (χ1n) is 7.62. The minimum atomic E-state index is -0.171. The zero-order chi connectivity index (χ0) is 14.4. The summed E-state index contributed by atoms with van der Waals surface area (Å²) in [4.78, 5) is 14.2. The van der Waals surface area contributed by atoms with Crippen molar-refractivity contribution in [3.05, 3.63) is 0 Å². The van der Waals surface area contributed by atoms with Crippen molar-refractivity contribution in [1.82, 2.24) is 10.2 Å². The van der Waals surface area contributed by atoms with Crippen LogP contribution in [0.4, 0.5) is 4.79 Å². The molecule has 2 N–H and O–H groups in total. The van der Waals surface area contributed by atoms with Crippen LogP contribution in [0.25, 0.3) is 0 Å². The van der Waals surface area contributed by atoms with Gasteiger partial charge in [0, 0.05) is 19.1 Å². The molecule has 1 aliphatic carbocycles. The first-order valence-corrected chi connectivity index (χ1v) is 7.62. The molecule has 0 atom stereocenters. The molecule has 0 radical (unpaired) electrons. The maximum atomic E-state index is 12.3. The van der Waals surface area contributed by atoms with E-state index in [9.17, 15) is 9.90 Å². The van der Waals surface area contributed by atoms with Gasteiger partial charge in [0.25, 0.3) is 0 Å². The van der Waals surface area contributed by atoms with Gasteiger partial charge in [-0.3, -0.25) is 0 Å². The molecule has 0 heterocycles. The summed E-state index contributed by atoms with van der Waals surface area (Å²) in [6, 6.07) is 0.293. The number of amides is 2. The van der Waals surface area contributed by atoms with E-state index >= 15 is 0 Å². The van der Waals surface area contributed by atoms with Crippen LogP contribution in [-0.4, -0.2) is 41.3 Å². The molecule has 4 heteroatoms. The molecule has 1 rings (SSSR count). The van der Waals surface area contributed by atoms with Crippen molar-refractivity contribution in [2.45, 2.75) is 65.5 Å². The monoisotopic (exact) mass is 270 g/mol. The molecule has 2 amide bonds. The van der Waals surface area contributed by atoms with E-state index in [-0.39, 0.29) is 18.2 Å². The second-order valence-corrected chi connectivity index (χ2v) is 6.65. The fourth-order valence-electron chi connectivity index (χ4n) is 2.61. The Morgan fingerprint density at radius 1 is 1.11 bits per heavy atom. The van der Waals surface area contributed by atoms with Crippen LogP contribution in [0, 0.1) is 11.8 Å². The summed E-state index contributed by atoms with van der Waals surface area (Å²) in [5, 5.41) is 12.6. The maximum Gasteiger partial charge on any atom is 0.317 e. The number of urea groups is 1. The Labute approximate surface area is 117 Å². The summed E-state index contributed by atoms with van der Waals surface area (Å²) in [6.07, 6.45) is 3.22. The van der Waals surface area contributed by atoms with Crippen LogP contribution in [0.3, 0.4) is 0 Å². The van der Waals surface area contributed by atoms with Crippen molar-refractivity contribution in [3.63, 3.8) is 0 Å². The third-order valence-corrected chi connectivity index (χ3v) is 3.48. The molecule has 4 nitrogen and oxygen atoms in total. The Morgan fingerprint density at radius 3 is 2.00 bits per heavy atom. The average molecular weight is 270 g/mol. The summed E-state index contributed by atoms with van der Waals surface area (Å²) in [6.45, 7) is 10.2. The third kappa shape index (κ3) is 6.28. The summed E-state index contributed by atoms with van der Waals surface area (Å²) in [7, 11) is 0. The second-order valence-electron chi connectivity index (χ2n) is 6.65. The number of nitrogens with zero attached hydrogens (tertiary/aromatic N) is 1. The molecule has 0 saturated heterocycles. The summed E-state index contributed by atoms with van der Waals surface area (Å²) in [5.74, 6) is 0.968. The van der Waals surface area contributed by atoms with Gasteiger partial charge in [-0.05, 0) is 37.5 Å². The quantitative estimate of drug-likeness (QED) is 0.807. The lowest BCUT2D eigenvalue weighted by Gasteiger charge is -2.31. The number of nitrogens with one attached hydrogen (secondary N) is 1. The predicted octanol–water partition coefficient (Wildman–Crippen LogP) is 2.61. The van der Waals surface area contributed by atoms with Gasteiger partial charge in [0.15, 0.2) is 0 Å². The van der Waals surface area contributed by atoms with Crippen molar-refractivity contribution < 1.29 is 9.90 Å². The number of aliphatic hydroxyl groups is 1. The zero-order valence-corrected chi connectivity index (χ0v) is 12.9. The summed E-state index contributed by atoms with van der Waals surface area (Å²) in [5.41, 5.74) is 0. The molecule has 0 aliphatic heterocycles. The topological polar surface area (TPSA) is 52.6 Å². The van der Waals surface area contributed by atoms with E-state index in [0.29, 0.717) is 11.8 Å². The van der Waals surface area contributed by atoms with Crippen LogP contribution in [0.1, 0.15) is 53.4 Å². The van der Waals surface area contributed by atoms with Gasteiger partial charge in [0.2, 0.25) is 0 Å². The van der Waals surface area contributed by atoms with Gasteiger partial charge in [-0.1, -0.05) is 27.7 Å². The van der Waals surface area contributed by atoms with Crippen LogP contribution >= 0.6 is 0 Å². The largest absolute Gasteiger partial charge is 0.393 e. The Hall–Kier alpha value is -0.770. The zero-order valence-electron chi connectivity index (χ0n) is 12.9. The number of carbonyl (C=O) groups is 1. The van der Waals surface area contributed by atoms with Crippen molar-refractivity contribution in [3.8, 4) is 0 Å². The average Bonchev–Trinajstić information content (AvgIpc) is 2.30. The first kappa shape index (κ1) is 16.3. The number of carbonyl (C=O) groups excluding carboxylic acids is 1. The minimum Gasteiger partial charge on any atom is -0.393 e. The molecule has 0 aromatic carbocycles. The number of rotatable bonds is 5. The molecule has 1 fully saturated rings.